The molecule has 14 amide bonds. The summed E-state index contributed by atoms with van der Waals surface area (Å²) in [7, 11) is 0. The first-order valence-electron chi connectivity index (χ1n) is 37.3. The van der Waals surface area contributed by atoms with Gasteiger partial charge in [-0.15, -0.1) is 5.10 Å². The number of aliphatic imine (C=N–C) groups is 1. The fourth-order valence-electron chi connectivity index (χ4n) is 12.4. The molecule has 0 spiro atoms. The number of aromatic amines is 1. The average molecular weight is 1630 g/mol. The number of aromatic nitrogens is 4. The number of hydrogen-bond acceptors (Lipinski definition) is 22. The number of guanidine groups is 1. The molecule has 1 saturated heterocycles. The zero-order valence-corrected chi connectivity index (χ0v) is 67.0. The van der Waals surface area contributed by atoms with Gasteiger partial charge in [0.05, 0.1) is 37.7 Å². The Kier molecular flexibility index (Phi) is 37.5. The Morgan fingerprint density at radius 1 is 0.623 bits per heavy atom. The number of para-hydroxylation sites is 1. The number of H-pyrrole nitrogens is 1. The van der Waals surface area contributed by atoms with E-state index >= 15 is 14.4 Å². The number of carboxylic acids is 1. The number of aliphatic carboxylic acids is 1. The molecule has 0 radical (unpaired) electrons. The van der Waals surface area contributed by atoms with Crippen LogP contribution in [-0.2, 0) is 78.3 Å². The van der Waals surface area contributed by atoms with Crippen LogP contribution in [0.4, 0.5) is 0 Å². The van der Waals surface area contributed by atoms with Crippen LogP contribution in [-0.4, -0.2) is 246 Å². The van der Waals surface area contributed by atoms with Crippen molar-refractivity contribution in [1.29, 1.82) is 0 Å². The van der Waals surface area contributed by atoms with Gasteiger partial charge < -0.3 is 108 Å². The predicted octanol–water partition coefficient (Wildman–Crippen LogP) is -3.63. The summed E-state index contributed by atoms with van der Waals surface area (Å²) in [5, 5.41) is 55.2. The van der Waals surface area contributed by atoms with Gasteiger partial charge in [0.25, 0.3) is 0 Å². The van der Waals surface area contributed by atoms with Gasteiger partial charge in [0.2, 0.25) is 82.7 Å². The van der Waals surface area contributed by atoms with Gasteiger partial charge in [0, 0.05) is 55.0 Å². The number of nitrogens with zero attached hydrogens (tertiary/aromatic N) is 5. The minimum absolute atomic E-state index is 0.0892. The predicted molar refractivity (Wildman–Crippen MR) is 425 cm³/mol. The number of aliphatic hydroxyl groups excluding tert-OH is 1. The lowest BCUT2D eigenvalue weighted by Crippen LogP contribution is -2.62. The van der Waals surface area contributed by atoms with E-state index in [4.69, 9.17) is 34.4 Å². The fraction of sp³-hybridized carbons (Fsp3) is 0.562. The topological polar surface area (TPSA) is 635 Å². The van der Waals surface area contributed by atoms with E-state index in [2.05, 4.69) is 73.5 Å². The third kappa shape index (κ3) is 28.3. The number of benzene rings is 2. The minimum Gasteiger partial charge on any atom is -0.481 e. The molecule has 2 aromatic heterocycles. The summed E-state index contributed by atoms with van der Waals surface area (Å²) in [6.45, 7) is 10.3. The van der Waals surface area contributed by atoms with E-state index in [1.807, 2.05) is 32.0 Å². The Balaban J connectivity index is 1.49. The fourth-order valence-corrected chi connectivity index (χ4v) is 13.4. The van der Waals surface area contributed by atoms with Crippen LogP contribution < -0.4 is 87.6 Å². The molecular weight excluding hydrogens is 1520 g/mol. The number of rotatable bonds is 48. The molecule has 15 atom stereocenters. The second-order valence-corrected chi connectivity index (χ2v) is 30.2. The van der Waals surface area contributed by atoms with Crippen LogP contribution in [0.25, 0.3) is 22.2 Å². The maximum absolute atomic E-state index is 15.7. The molecule has 39 nitrogen and oxygen atoms in total. The lowest BCUT2D eigenvalue weighted by atomic mass is 9.96. The van der Waals surface area contributed by atoms with E-state index in [-0.39, 0.29) is 57.6 Å². The number of hydrogen-bond donors (Lipinski definition) is 19. The van der Waals surface area contributed by atoms with Gasteiger partial charge in [-0.2, -0.15) is 23.5 Å². The third-order valence-electron chi connectivity index (χ3n) is 19.5. The Hall–Kier alpha value is -10.9. The summed E-state index contributed by atoms with van der Waals surface area (Å²) >= 11 is 2.78. The third-order valence-corrected chi connectivity index (χ3v) is 20.8. The van der Waals surface area contributed by atoms with Gasteiger partial charge >= 0.3 is 5.97 Å². The van der Waals surface area contributed by atoms with Crippen LogP contribution in [0, 0.1) is 25.7 Å². The highest BCUT2D eigenvalue weighted by atomic mass is 32.2. The lowest BCUT2D eigenvalue weighted by Gasteiger charge is -2.33. The van der Waals surface area contributed by atoms with Crippen molar-refractivity contribution in [2.45, 2.75) is 204 Å². The number of carbonyl (C=O) groups is 15. The normalized spacial score (nSPS) is 16.6. The summed E-state index contributed by atoms with van der Waals surface area (Å²) in [5.74, 6) is -16.2. The summed E-state index contributed by atoms with van der Waals surface area (Å²) < 4.78 is 1.46. The van der Waals surface area contributed by atoms with Crippen molar-refractivity contribution >= 4 is 129 Å². The number of carbonyl (C=O) groups excluding carboxylic acids is 14. The van der Waals surface area contributed by atoms with E-state index in [1.54, 1.807) is 76.9 Å². The van der Waals surface area contributed by atoms with E-state index in [0.29, 0.717) is 46.5 Å². The molecule has 114 heavy (non-hydrogen) atoms. The minimum atomic E-state index is -1.94. The van der Waals surface area contributed by atoms with Crippen LogP contribution in [0.2, 0.25) is 0 Å². The van der Waals surface area contributed by atoms with Gasteiger partial charge in [-0.25, -0.2) is 4.68 Å². The highest BCUT2D eigenvalue weighted by Gasteiger charge is 2.46. The van der Waals surface area contributed by atoms with Crippen LogP contribution in [0.15, 0.2) is 59.9 Å². The number of nitrogens with one attached hydrogen (secondary N) is 11. The molecule has 5 rings (SSSR count). The molecule has 1 fully saturated rings. The molecule has 626 valence electrons. The van der Waals surface area contributed by atoms with E-state index in [1.165, 1.54) is 35.1 Å². The van der Waals surface area contributed by atoms with Crippen molar-refractivity contribution < 1.29 is 82.1 Å². The van der Waals surface area contributed by atoms with Crippen LogP contribution in [0.3, 0.4) is 0 Å². The van der Waals surface area contributed by atoms with Crippen molar-refractivity contribution in [1.82, 2.24) is 78.0 Å². The molecule has 0 aliphatic carbocycles. The quantitative estimate of drug-likeness (QED) is 0.0115. The Bertz CT molecular complexity index is 4100. The smallest absolute Gasteiger partial charge is 0.303 e. The molecule has 25 N–H and O–H groups in total. The van der Waals surface area contributed by atoms with Crippen molar-refractivity contribution in [3.63, 3.8) is 0 Å². The van der Waals surface area contributed by atoms with Crippen molar-refractivity contribution in [3.05, 3.63) is 71.5 Å². The van der Waals surface area contributed by atoms with Gasteiger partial charge in [0.1, 0.15) is 72.2 Å². The monoisotopic (exact) mass is 1630 g/mol. The van der Waals surface area contributed by atoms with Crippen molar-refractivity contribution in [2.75, 3.05) is 43.7 Å². The SMILES string of the molecule is CC[C@H](C)[C@H](NC(=O)[C@@H](N)CCCN=C(N)N)C(=O)N[C@@H](CC(N)=O)C(=O)N[C@@H](CC(N)=O)C(=O)N[C@H](C(=O)N1C[C@@H](n2cc(-c3cc(C)ccc3C)nn2)C[C@H]1C(=O)N[C@@H](Cc1c[nH]c2ccccc12)C(=O)N[C@@H](CO)C(=O)N[C@@H](CCC(=O)O)C(=O)N[C@@H](C)C(=O)N[C@@H](CCSC)C(=O)N[C@@H](CCSC)C(N)=O)[C@@H](C)CC. The summed E-state index contributed by atoms with van der Waals surface area (Å²) in [6, 6.07) is -6.71. The molecule has 1 aliphatic rings. The number of aryl methyl sites for hydroxylation is 2. The first-order chi connectivity index (χ1) is 53.9. The van der Waals surface area contributed by atoms with Crippen molar-refractivity contribution in [3.8, 4) is 11.3 Å². The largest absolute Gasteiger partial charge is 0.481 e. The maximum Gasteiger partial charge on any atom is 0.303 e. The first kappa shape index (κ1) is 93.7. The second-order valence-electron chi connectivity index (χ2n) is 28.2. The number of carboxylic acid groups (broad SMARTS) is 1. The summed E-state index contributed by atoms with van der Waals surface area (Å²) in [5.41, 5.74) is 37.7. The zero-order chi connectivity index (χ0) is 84.8. The second kappa shape index (κ2) is 45.7. The summed E-state index contributed by atoms with van der Waals surface area (Å²) in [4.78, 5) is 216. The number of thioether (sulfide) groups is 2. The number of fused-ring (bicyclic) bond motifs is 1. The Morgan fingerprint density at radius 3 is 1.76 bits per heavy atom. The van der Waals surface area contributed by atoms with Gasteiger partial charge in [-0.1, -0.05) is 81.6 Å². The van der Waals surface area contributed by atoms with Gasteiger partial charge in [-0.05, 0) is 112 Å². The van der Waals surface area contributed by atoms with Crippen LogP contribution in [0.1, 0.15) is 128 Å². The molecule has 3 heterocycles. The number of nitrogens with two attached hydrogens (primary N) is 6. The summed E-state index contributed by atoms with van der Waals surface area (Å²) in [6.07, 6.45) is 4.27. The van der Waals surface area contributed by atoms with Gasteiger partial charge in [0.15, 0.2) is 5.96 Å². The first-order valence-corrected chi connectivity index (χ1v) is 40.1. The average Bonchev–Trinajstić information content (AvgIpc) is 1.63. The molecule has 41 heteroatoms. The lowest BCUT2D eigenvalue weighted by molar-refractivity contribution is -0.144. The van der Waals surface area contributed by atoms with Crippen LogP contribution >= 0.6 is 23.5 Å². The zero-order valence-electron chi connectivity index (χ0n) is 65.4. The molecule has 2 aromatic carbocycles. The number of amides is 14. The molecule has 4 aromatic rings. The van der Waals surface area contributed by atoms with Crippen LogP contribution in [0.5, 0.6) is 0 Å². The molecule has 0 unspecified atom stereocenters. The molecular formula is C73H110N22O17S2. The molecule has 1 aliphatic heterocycles. The van der Waals surface area contributed by atoms with E-state index in [0.717, 1.165) is 21.6 Å². The number of aliphatic hydroxyl groups is 1. The van der Waals surface area contributed by atoms with E-state index in [9.17, 15) is 67.7 Å². The number of likely N-dealkylation sites (tertiary alicyclic amines) is 1. The van der Waals surface area contributed by atoms with E-state index < -0.39 is 211 Å². The standard InChI is InChI=1S/C73H110N22O17S2/c1-10-37(4)59(90-63(103)45(74)16-14-24-80-73(78)79)71(111)88-51(30-56(75)97)67(107)86-52(31-57(76)98)68(108)91-60(38(5)11-2)72(112)94-33-42(95-34-53(92-93-95)44-27-36(3)18-19-39(44)6)29-55(94)70(110)87-50(28-41-32-81-46-17-13-12-15-43(41)46)66(106)89-54(35-96)69(109)85-48(20-21-58(99)100)64(104)82-40(7)62(102)84-49(23-26-114-9)65(105)83-47(61(77)101)22-25-113-8/h12-13,15,17-19,27,32,34,37-38,40,42,45,47-52,54-55,59-60,81,96H,10-11,14,16,20-26,28-31,33,35,74H2,1-9H3,(H2,75,97)(H2,76,98)(H2,77,101)(H,82,104)(H,83,105)(H,84,102)(H,85,109)(H,86,107)(H,87,110)(H,88,111)(H,89,106)(H,90,103)(H,91,108)(H,99,100)(H4,78,79,80)/t37-,38-,40-,42-,45-,47-,48-,49-,50-,51-,52-,54-,55-,59-,60-/m0/s1. The van der Waals surface area contributed by atoms with Crippen molar-refractivity contribution in [2.24, 2.45) is 51.2 Å². The maximum atomic E-state index is 15.7. The highest BCUT2D eigenvalue weighted by molar-refractivity contribution is 7.98. The Morgan fingerprint density at radius 2 is 1.16 bits per heavy atom. The molecule has 0 bridgehead atoms. The molecule has 0 saturated carbocycles. The Labute approximate surface area is 667 Å². The number of primary amides is 3. The van der Waals surface area contributed by atoms with Gasteiger partial charge in [-0.3, -0.25) is 76.9 Å². The highest BCUT2D eigenvalue weighted by Crippen LogP contribution is 2.32.